The summed E-state index contributed by atoms with van der Waals surface area (Å²) in [6.07, 6.45) is 0. The Morgan fingerprint density at radius 3 is 2.74 bits per heavy atom. The van der Waals surface area contributed by atoms with Crippen molar-refractivity contribution in [2.75, 3.05) is 13.6 Å². The summed E-state index contributed by atoms with van der Waals surface area (Å²) in [5.41, 5.74) is 0.814. The fourth-order valence-corrected chi connectivity index (χ4v) is 2.15. The molecule has 1 unspecified atom stereocenters. The molecule has 0 bridgehead atoms. The molecule has 0 aromatic heterocycles. The normalized spacial score (nSPS) is 12.2. The minimum absolute atomic E-state index is 0.0339. The third kappa shape index (κ3) is 4.23. The Kier molecular flexibility index (Phi) is 5.34. The van der Waals surface area contributed by atoms with Crippen molar-refractivity contribution in [1.82, 2.24) is 4.90 Å². The van der Waals surface area contributed by atoms with Crippen LogP contribution in [0.15, 0.2) is 12.1 Å². The van der Waals surface area contributed by atoms with Gasteiger partial charge in [0.1, 0.15) is 5.75 Å². The molecule has 0 aliphatic carbocycles. The fraction of sp³-hybridized carbons (Fsp3) is 0.429. The fourth-order valence-electron chi connectivity index (χ4n) is 1.91. The van der Waals surface area contributed by atoms with Crippen molar-refractivity contribution in [3.8, 4) is 11.8 Å². The number of Topliss-reactive ketones (excluding diaryl/α,β-unsaturated/α-hetero) is 1. The van der Waals surface area contributed by atoms with Gasteiger partial charge in [0.15, 0.2) is 5.78 Å². The van der Waals surface area contributed by atoms with E-state index >= 15 is 0 Å². The van der Waals surface area contributed by atoms with Gasteiger partial charge in [-0.05, 0) is 33.0 Å². The molecule has 1 rings (SSSR count). The van der Waals surface area contributed by atoms with E-state index in [9.17, 15) is 9.90 Å². The first-order valence-electron chi connectivity index (χ1n) is 5.95. The molecule has 0 aliphatic rings. The molecule has 1 N–H and O–H groups in total. The number of carbonyl (C=O) groups excluding carboxylic acids is 1. The van der Waals surface area contributed by atoms with Crippen molar-refractivity contribution in [1.29, 1.82) is 5.26 Å². The zero-order valence-corrected chi connectivity index (χ0v) is 12.0. The monoisotopic (exact) mass is 280 g/mol. The van der Waals surface area contributed by atoms with E-state index < -0.39 is 0 Å². The number of rotatable bonds is 5. The van der Waals surface area contributed by atoms with Crippen molar-refractivity contribution in [2.45, 2.75) is 20.4 Å². The number of phenols is 1. The Labute approximate surface area is 118 Å². The molecule has 0 radical (unpaired) electrons. The summed E-state index contributed by atoms with van der Waals surface area (Å²) in [6.45, 7) is 4.22. The smallest absolute Gasteiger partial charge is 0.163 e. The second-order valence-electron chi connectivity index (χ2n) is 4.74. The summed E-state index contributed by atoms with van der Waals surface area (Å²) in [5, 5.41) is 19.2. The van der Waals surface area contributed by atoms with Crippen LogP contribution in [0.2, 0.25) is 5.02 Å². The van der Waals surface area contributed by atoms with Crippen molar-refractivity contribution in [2.24, 2.45) is 5.92 Å². The summed E-state index contributed by atoms with van der Waals surface area (Å²) < 4.78 is 0. The van der Waals surface area contributed by atoms with Gasteiger partial charge in [-0.1, -0.05) is 11.6 Å². The van der Waals surface area contributed by atoms with Gasteiger partial charge >= 0.3 is 0 Å². The van der Waals surface area contributed by atoms with Gasteiger partial charge in [0, 0.05) is 23.7 Å². The van der Waals surface area contributed by atoms with Gasteiger partial charge in [0.25, 0.3) is 0 Å². The predicted molar refractivity (Wildman–Crippen MR) is 74.2 cm³/mol. The molecule has 102 valence electrons. The van der Waals surface area contributed by atoms with Crippen LogP contribution in [0.5, 0.6) is 5.75 Å². The molecule has 1 aromatic carbocycles. The molecular formula is C14H17ClN2O2. The average molecular weight is 281 g/mol. The van der Waals surface area contributed by atoms with E-state index in [1.807, 2.05) is 18.9 Å². The molecule has 0 saturated carbocycles. The first-order chi connectivity index (χ1) is 8.85. The number of aromatic hydroxyl groups is 1. The Bertz CT molecular complexity index is 523. The third-order valence-corrected chi connectivity index (χ3v) is 3.00. The van der Waals surface area contributed by atoms with Crippen molar-refractivity contribution < 1.29 is 9.90 Å². The molecule has 19 heavy (non-hydrogen) atoms. The SMILES string of the molecule is CC(=O)c1cc(Cl)cc(CN(C)CC(C)C#N)c1O. The minimum Gasteiger partial charge on any atom is -0.507 e. The molecule has 0 amide bonds. The van der Waals surface area contributed by atoms with Crippen LogP contribution >= 0.6 is 11.6 Å². The maximum absolute atomic E-state index is 11.4. The standard InChI is InChI=1S/C14H17ClN2O2/c1-9(6-16)7-17(3)8-11-4-12(15)5-13(10(2)18)14(11)19/h4-5,9,19H,7-8H2,1-3H3. The van der Waals surface area contributed by atoms with Gasteiger partial charge in [0.05, 0.1) is 17.6 Å². The highest BCUT2D eigenvalue weighted by Gasteiger charge is 2.15. The minimum atomic E-state index is -0.228. The maximum Gasteiger partial charge on any atom is 0.163 e. The molecule has 0 spiro atoms. The van der Waals surface area contributed by atoms with Gasteiger partial charge in [-0.25, -0.2) is 0 Å². The molecule has 5 heteroatoms. The Balaban J connectivity index is 2.96. The number of carbonyl (C=O) groups is 1. The van der Waals surface area contributed by atoms with Crippen LogP contribution in [0.3, 0.4) is 0 Å². The third-order valence-electron chi connectivity index (χ3n) is 2.78. The number of ketones is 1. The molecule has 1 atom stereocenters. The topological polar surface area (TPSA) is 64.3 Å². The van der Waals surface area contributed by atoms with Gasteiger partial charge in [0.2, 0.25) is 0 Å². The summed E-state index contributed by atoms with van der Waals surface area (Å²) >= 11 is 5.95. The van der Waals surface area contributed by atoms with Crippen LogP contribution in [0.25, 0.3) is 0 Å². The van der Waals surface area contributed by atoms with E-state index in [0.717, 1.165) is 0 Å². The molecule has 0 fully saturated rings. The summed E-state index contributed by atoms with van der Waals surface area (Å²) in [6, 6.07) is 5.25. The van der Waals surface area contributed by atoms with Gasteiger partial charge in [-0.3, -0.25) is 4.79 Å². The van der Waals surface area contributed by atoms with E-state index in [-0.39, 0.29) is 23.0 Å². The van der Waals surface area contributed by atoms with E-state index in [1.165, 1.54) is 13.0 Å². The number of hydrogen-bond acceptors (Lipinski definition) is 4. The van der Waals surface area contributed by atoms with Crippen LogP contribution in [0.1, 0.15) is 29.8 Å². The first kappa shape index (κ1) is 15.5. The van der Waals surface area contributed by atoms with E-state index in [4.69, 9.17) is 16.9 Å². The lowest BCUT2D eigenvalue weighted by Crippen LogP contribution is -2.23. The van der Waals surface area contributed by atoms with Crippen LogP contribution in [0, 0.1) is 17.2 Å². The van der Waals surface area contributed by atoms with Crippen LogP contribution in [0.4, 0.5) is 0 Å². The van der Waals surface area contributed by atoms with Crippen LogP contribution in [-0.2, 0) is 6.54 Å². The number of halogens is 1. The molecule has 0 saturated heterocycles. The Hall–Kier alpha value is -1.57. The highest BCUT2D eigenvalue weighted by atomic mass is 35.5. The number of nitrogens with zero attached hydrogens (tertiary/aromatic N) is 2. The Morgan fingerprint density at radius 2 is 2.21 bits per heavy atom. The summed E-state index contributed by atoms with van der Waals surface area (Å²) in [5.74, 6) is -0.360. The molecule has 1 aromatic rings. The van der Waals surface area contributed by atoms with Crippen LogP contribution in [-0.4, -0.2) is 29.4 Å². The maximum atomic E-state index is 11.4. The van der Waals surface area contributed by atoms with Crippen molar-refractivity contribution in [3.05, 3.63) is 28.3 Å². The highest BCUT2D eigenvalue weighted by molar-refractivity contribution is 6.31. The second kappa shape index (κ2) is 6.55. The Morgan fingerprint density at radius 1 is 1.58 bits per heavy atom. The van der Waals surface area contributed by atoms with E-state index in [2.05, 4.69) is 6.07 Å². The zero-order valence-electron chi connectivity index (χ0n) is 11.3. The first-order valence-corrected chi connectivity index (χ1v) is 6.33. The second-order valence-corrected chi connectivity index (χ2v) is 5.18. The quantitative estimate of drug-likeness (QED) is 0.843. The van der Waals surface area contributed by atoms with Gasteiger partial charge in [-0.2, -0.15) is 5.26 Å². The lowest BCUT2D eigenvalue weighted by Gasteiger charge is -2.19. The molecule has 0 aliphatic heterocycles. The van der Waals surface area contributed by atoms with Crippen molar-refractivity contribution >= 4 is 17.4 Å². The van der Waals surface area contributed by atoms with Crippen LogP contribution < -0.4 is 0 Å². The zero-order chi connectivity index (χ0) is 14.6. The predicted octanol–water partition coefficient (Wildman–Crippen LogP) is 2.84. The lowest BCUT2D eigenvalue weighted by atomic mass is 10.0. The number of phenolic OH excluding ortho intramolecular Hbond substituents is 1. The number of hydrogen-bond donors (Lipinski definition) is 1. The average Bonchev–Trinajstić information content (AvgIpc) is 2.32. The summed E-state index contributed by atoms with van der Waals surface area (Å²) in [7, 11) is 1.85. The van der Waals surface area contributed by atoms with Gasteiger partial charge < -0.3 is 10.0 Å². The highest BCUT2D eigenvalue weighted by Crippen LogP contribution is 2.28. The molecule has 4 nitrogen and oxygen atoms in total. The van der Waals surface area contributed by atoms with Gasteiger partial charge in [-0.15, -0.1) is 0 Å². The van der Waals surface area contributed by atoms with E-state index in [0.29, 0.717) is 23.7 Å². The molecule has 0 heterocycles. The lowest BCUT2D eigenvalue weighted by molar-refractivity contribution is 0.101. The summed E-state index contributed by atoms with van der Waals surface area (Å²) in [4.78, 5) is 13.3. The largest absolute Gasteiger partial charge is 0.507 e. The number of benzene rings is 1. The van der Waals surface area contributed by atoms with Crippen molar-refractivity contribution in [3.63, 3.8) is 0 Å². The number of nitriles is 1. The molecular weight excluding hydrogens is 264 g/mol. The van der Waals surface area contributed by atoms with E-state index in [1.54, 1.807) is 6.07 Å².